The molecule has 0 aromatic heterocycles. The first-order valence-corrected chi connectivity index (χ1v) is 5.46. The Kier molecular flexibility index (Phi) is 3.10. The van der Waals surface area contributed by atoms with Crippen molar-refractivity contribution in [3.63, 3.8) is 0 Å². The Morgan fingerprint density at radius 2 is 2.25 bits per heavy atom. The molecule has 1 aromatic rings. The van der Waals surface area contributed by atoms with Crippen molar-refractivity contribution in [1.29, 1.82) is 0 Å². The third-order valence-corrected chi connectivity index (χ3v) is 2.84. The zero-order chi connectivity index (χ0) is 11.5. The fraction of sp³-hybridized carbons (Fsp3) is 0.417. The second-order valence-corrected chi connectivity index (χ2v) is 4.13. The number of hydrogen-bond acceptors (Lipinski definition) is 2. The van der Waals surface area contributed by atoms with E-state index in [2.05, 4.69) is 5.32 Å². The Morgan fingerprint density at radius 3 is 2.88 bits per heavy atom. The number of aryl methyl sites for hydroxylation is 1. The van der Waals surface area contributed by atoms with E-state index in [0.717, 1.165) is 11.3 Å². The molecule has 1 aliphatic heterocycles. The largest absolute Gasteiger partial charge is 0.391 e. The number of rotatable bonds is 1. The number of β-amino-alcohol motifs (C(OH)–C–C–N with tert-alkyl or cyclic N) is 1. The molecule has 0 radical (unpaired) electrons. The number of benzene rings is 1. The Bertz CT molecular complexity index is 392. The summed E-state index contributed by atoms with van der Waals surface area (Å²) in [6.07, 6.45) is 0.295. The summed E-state index contributed by atoms with van der Waals surface area (Å²) in [4.78, 5) is 13.5. The lowest BCUT2D eigenvalue weighted by molar-refractivity contribution is 0.176. The van der Waals surface area contributed by atoms with Crippen LogP contribution >= 0.6 is 0 Å². The van der Waals surface area contributed by atoms with Crippen LogP contribution in [0.3, 0.4) is 0 Å². The molecule has 16 heavy (non-hydrogen) atoms. The van der Waals surface area contributed by atoms with Crippen LogP contribution in [0.25, 0.3) is 0 Å². The molecule has 1 aromatic carbocycles. The molecule has 0 unspecified atom stereocenters. The van der Waals surface area contributed by atoms with E-state index in [1.165, 1.54) is 0 Å². The first kappa shape index (κ1) is 11.0. The van der Waals surface area contributed by atoms with Crippen LogP contribution in [-0.2, 0) is 0 Å². The summed E-state index contributed by atoms with van der Waals surface area (Å²) in [5.74, 6) is 0. The summed E-state index contributed by atoms with van der Waals surface area (Å²) in [5.41, 5.74) is 1.87. The summed E-state index contributed by atoms with van der Waals surface area (Å²) < 4.78 is 0. The van der Waals surface area contributed by atoms with Crippen molar-refractivity contribution >= 4 is 11.7 Å². The first-order chi connectivity index (χ1) is 7.66. The van der Waals surface area contributed by atoms with E-state index < -0.39 is 0 Å². The fourth-order valence-electron chi connectivity index (χ4n) is 1.83. The molecule has 0 spiro atoms. The highest BCUT2D eigenvalue weighted by molar-refractivity contribution is 5.90. The van der Waals surface area contributed by atoms with Crippen LogP contribution in [0.15, 0.2) is 24.3 Å². The van der Waals surface area contributed by atoms with Gasteiger partial charge in [0.2, 0.25) is 0 Å². The number of amides is 2. The first-order valence-electron chi connectivity index (χ1n) is 5.46. The van der Waals surface area contributed by atoms with Gasteiger partial charge in [0.25, 0.3) is 0 Å². The molecule has 2 amide bonds. The maximum Gasteiger partial charge on any atom is 0.321 e. The van der Waals surface area contributed by atoms with Crippen LogP contribution in [0, 0.1) is 6.92 Å². The van der Waals surface area contributed by atoms with Crippen LogP contribution in [-0.4, -0.2) is 35.2 Å². The molecule has 1 fully saturated rings. The Hall–Kier alpha value is -1.55. The molecule has 86 valence electrons. The van der Waals surface area contributed by atoms with Gasteiger partial charge >= 0.3 is 6.03 Å². The summed E-state index contributed by atoms with van der Waals surface area (Å²) in [6.45, 7) is 3.00. The van der Waals surface area contributed by atoms with Gasteiger partial charge < -0.3 is 15.3 Å². The van der Waals surface area contributed by atoms with Gasteiger partial charge in [0.1, 0.15) is 0 Å². The Balaban J connectivity index is 2.00. The van der Waals surface area contributed by atoms with Gasteiger partial charge in [-0.05, 0) is 25.0 Å². The van der Waals surface area contributed by atoms with Crippen LogP contribution in [0.5, 0.6) is 0 Å². The maximum atomic E-state index is 11.8. The van der Waals surface area contributed by atoms with Gasteiger partial charge in [-0.15, -0.1) is 0 Å². The number of carbonyl (C=O) groups excluding carboxylic acids is 1. The van der Waals surface area contributed by atoms with Crippen molar-refractivity contribution < 1.29 is 9.90 Å². The number of anilines is 1. The Labute approximate surface area is 94.9 Å². The van der Waals surface area contributed by atoms with Gasteiger partial charge in [0, 0.05) is 18.8 Å². The molecule has 4 heteroatoms. The van der Waals surface area contributed by atoms with Gasteiger partial charge in [-0.25, -0.2) is 4.79 Å². The summed E-state index contributed by atoms with van der Waals surface area (Å²) in [5, 5.41) is 12.2. The predicted octanol–water partition coefficient (Wildman–Crippen LogP) is 1.59. The molecule has 1 heterocycles. The summed E-state index contributed by atoms with van der Waals surface area (Å²) in [6, 6.07) is 7.52. The van der Waals surface area contributed by atoms with Crippen molar-refractivity contribution in [1.82, 2.24) is 4.90 Å². The fourth-order valence-corrected chi connectivity index (χ4v) is 1.83. The van der Waals surface area contributed by atoms with Gasteiger partial charge in [0.15, 0.2) is 0 Å². The molecule has 2 N–H and O–H groups in total. The number of likely N-dealkylation sites (tertiary alicyclic amines) is 1. The highest BCUT2D eigenvalue weighted by Crippen LogP contribution is 2.16. The van der Waals surface area contributed by atoms with E-state index in [9.17, 15) is 9.90 Å². The van der Waals surface area contributed by atoms with Crippen molar-refractivity contribution in [3.05, 3.63) is 29.8 Å². The quantitative estimate of drug-likeness (QED) is 0.755. The summed E-state index contributed by atoms with van der Waals surface area (Å²) in [7, 11) is 0. The minimum absolute atomic E-state index is 0.133. The minimum atomic E-state index is -0.373. The van der Waals surface area contributed by atoms with Crippen molar-refractivity contribution in [3.8, 4) is 0 Å². The standard InChI is InChI=1S/C12H16N2O2/c1-9-4-2-3-5-11(9)13-12(16)14-7-6-10(15)8-14/h2-5,10,15H,6-8H2,1H3,(H,13,16)/t10-/m1/s1. The van der Waals surface area contributed by atoms with E-state index in [0.29, 0.717) is 19.5 Å². The van der Waals surface area contributed by atoms with E-state index in [4.69, 9.17) is 0 Å². The topological polar surface area (TPSA) is 52.6 Å². The van der Waals surface area contributed by atoms with Crippen molar-refractivity contribution in [2.24, 2.45) is 0 Å². The molecular weight excluding hydrogens is 204 g/mol. The van der Waals surface area contributed by atoms with Crippen molar-refractivity contribution in [2.45, 2.75) is 19.4 Å². The van der Waals surface area contributed by atoms with Gasteiger partial charge in [-0.3, -0.25) is 0 Å². The number of aliphatic hydroxyl groups is 1. The van der Waals surface area contributed by atoms with E-state index in [1.54, 1.807) is 4.90 Å². The molecule has 1 atom stereocenters. The second-order valence-electron chi connectivity index (χ2n) is 4.13. The average Bonchev–Trinajstić information content (AvgIpc) is 2.68. The SMILES string of the molecule is Cc1ccccc1NC(=O)N1CC[C@@H](O)C1. The van der Waals surface area contributed by atoms with Gasteiger partial charge in [-0.2, -0.15) is 0 Å². The highest BCUT2D eigenvalue weighted by atomic mass is 16.3. The van der Waals surface area contributed by atoms with Crippen LogP contribution in [0.1, 0.15) is 12.0 Å². The van der Waals surface area contributed by atoms with E-state index in [-0.39, 0.29) is 12.1 Å². The zero-order valence-electron chi connectivity index (χ0n) is 9.31. The van der Waals surface area contributed by atoms with Gasteiger partial charge in [-0.1, -0.05) is 18.2 Å². The predicted molar refractivity (Wildman–Crippen MR) is 62.4 cm³/mol. The normalized spacial score (nSPS) is 19.9. The molecule has 0 bridgehead atoms. The zero-order valence-corrected chi connectivity index (χ0v) is 9.31. The third-order valence-electron chi connectivity index (χ3n) is 2.84. The lowest BCUT2D eigenvalue weighted by atomic mass is 10.2. The number of para-hydroxylation sites is 1. The molecular formula is C12H16N2O2. The van der Waals surface area contributed by atoms with Crippen LogP contribution in [0.4, 0.5) is 10.5 Å². The monoisotopic (exact) mass is 220 g/mol. The minimum Gasteiger partial charge on any atom is -0.391 e. The molecule has 1 aliphatic rings. The third kappa shape index (κ3) is 2.33. The Morgan fingerprint density at radius 1 is 1.50 bits per heavy atom. The van der Waals surface area contributed by atoms with E-state index in [1.807, 2.05) is 31.2 Å². The van der Waals surface area contributed by atoms with E-state index >= 15 is 0 Å². The average molecular weight is 220 g/mol. The molecule has 4 nitrogen and oxygen atoms in total. The number of urea groups is 1. The molecule has 1 saturated heterocycles. The molecule has 2 rings (SSSR count). The smallest absolute Gasteiger partial charge is 0.321 e. The number of nitrogens with one attached hydrogen (secondary N) is 1. The number of aliphatic hydroxyl groups excluding tert-OH is 1. The molecule has 0 saturated carbocycles. The van der Waals surface area contributed by atoms with Crippen molar-refractivity contribution in [2.75, 3.05) is 18.4 Å². The lowest BCUT2D eigenvalue weighted by Gasteiger charge is -2.17. The second kappa shape index (κ2) is 4.53. The van der Waals surface area contributed by atoms with Crippen LogP contribution in [0.2, 0.25) is 0 Å². The maximum absolute atomic E-state index is 11.8. The number of carbonyl (C=O) groups is 1. The lowest BCUT2D eigenvalue weighted by Crippen LogP contribution is -2.33. The van der Waals surface area contributed by atoms with Gasteiger partial charge in [0.05, 0.1) is 6.10 Å². The highest BCUT2D eigenvalue weighted by Gasteiger charge is 2.24. The summed E-state index contributed by atoms with van der Waals surface area (Å²) >= 11 is 0. The number of nitrogens with zero attached hydrogens (tertiary/aromatic N) is 1. The molecule has 0 aliphatic carbocycles. The van der Waals surface area contributed by atoms with Crippen LogP contribution < -0.4 is 5.32 Å². The number of hydrogen-bond donors (Lipinski definition) is 2.